The fraction of sp³-hybridized carbons (Fsp3) is 0.429. The Balaban J connectivity index is 2.33. The smallest absolute Gasteiger partial charge is 0.0480 e. The number of hydrogen-bond acceptors (Lipinski definition) is 1. The molecule has 1 aromatic heterocycles. The van der Waals surface area contributed by atoms with E-state index in [0.29, 0.717) is 0 Å². The molecule has 0 saturated carbocycles. The molecule has 0 amide bonds. The van der Waals surface area contributed by atoms with Crippen LogP contribution < -0.4 is 5.73 Å². The maximum Gasteiger partial charge on any atom is 0.0480 e. The predicted octanol–water partition coefficient (Wildman–Crippen LogP) is 2.94. The third-order valence-electron chi connectivity index (χ3n) is 2.86. The van der Waals surface area contributed by atoms with Crippen molar-refractivity contribution in [3.8, 4) is 0 Å². The zero-order valence-corrected chi connectivity index (χ0v) is 10.1. The van der Waals surface area contributed by atoms with E-state index < -0.39 is 0 Å². The highest BCUT2D eigenvalue weighted by Gasteiger charge is 2.03. The first kappa shape index (κ1) is 11.2. The number of rotatable bonds is 4. The van der Waals surface area contributed by atoms with Crippen LogP contribution in [0.1, 0.15) is 25.8 Å². The molecule has 1 aromatic carbocycles. The molecule has 86 valence electrons. The monoisotopic (exact) mass is 216 g/mol. The Bertz CT molecular complexity index is 469. The van der Waals surface area contributed by atoms with E-state index in [9.17, 15) is 0 Å². The average Bonchev–Trinajstić information content (AvgIpc) is 2.61. The van der Waals surface area contributed by atoms with E-state index in [2.05, 4.69) is 42.0 Å². The minimum atomic E-state index is 0.232. The summed E-state index contributed by atoms with van der Waals surface area (Å²) >= 11 is 0. The third-order valence-corrected chi connectivity index (χ3v) is 2.86. The van der Waals surface area contributed by atoms with Crippen molar-refractivity contribution in [1.29, 1.82) is 0 Å². The van der Waals surface area contributed by atoms with E-state index in [1.165, 1.54) is 22.9 Å². The van der Waals surface area contributed by atoms with Gasteiger partial charge >= 0.3 is 0 Å². The van der Waals surface area contributed by atoms with E-state index in [-0.39, 0.29) is 6.04 Å². The van der Waals surface area contributed by atoms with Crippen molar-refractivity contribution in [2.75, 3.05) is 0 Å². The average molecular weight is 216 g/mol. The molecule has 1 heterocycles. The van der Waals surface area contributed by atoms with E-state index in [1.54, 1.807) is 0 Å². The second kappa shape index (κ2) is 4.71. The Morgan fingerprint density at radius 3 is 2.81 bits per heavy atom. The molecular formula is C14H20N2. The summed E-state index contributed by atoms with van der Waals surface area (Å²) in [6.45, 7) is 5.35. The molecule has 2 aromatic rings. The van der Waals surface area contributed by atoms with Gasteiger partial charge in [-0.2, -0.15) is 0 Å². The Kier molecular flexibility index (Phi) is 3.30. The van der Waals surface area contributed by atoms with Crippen LogP contribution >= 0.6 is 0 Å². The molecule has 0 spiro atoms. The number of nitrogens with two attached hydrogens (primary N) is 1. The molecule has 16 heavy (non-hydrogen) atoms. The summed E-state index contributed by atoms with van der Waals surface area (Å²) in [7, 11) is 0. The summed E-state index contributed by atoms with van der Waals surface area (Å²) in [6, 6.07) is 9.08. The first-order valence-electron chi connectivity index (χ1n) is 6.04. The molecule has 0 aliphatic rings. The Morgan fingerprint density at radius 1 is 1.31 bits per heavy atom. The Hall–Kier alpha value is -1.28. The molecule has 0 fully saturated rings. The van der Waals surface area contributed by atoms with Gasteiger partial charge in [-0.1, -0.05) is 13.0 Å². The number of aromatic nitrogens is 1. The molecule has 2 nitrogen and oxygen atoms in total. The van der Waals surface area contributed by atoms with Gasteiger partial charge in [0.1, 0.15) is 0 Å². The van der Waals surface area contributed by atoms with Crippen molar-refractivity contribution in [2.24, 2.45) is 5.73 Å². The van der Waals surface area contributed by atoms with Gasteiger partial charge in [0.2, 0.25) is 0 Å². The van der Waals surface area contributed by atoms with Crippen LogP contribution in [0.2, 0.25) is 0 Å². The van der Waals surface area contributed by atoms with Gasteiger partial charge in [-0.3, -0.25) is 0 Å². The van der Waals surface area contributed by atoms with Crippen molar-refractivity contribution in [1.82, 2.24) is 4.57 Å². The normalized spacial score (nSPS) is 13.2. The van der Waals surface area contributed by atoms with E-state index >= 15 is 0 Å². The quantitative estimate of drug-likeness (QED) is 0.837. The molecular weight excluding hydrogens is 196 g/mol. The molecule has 2 heteroatoms. The predicted molar refractivity (Wildman–Crippen MR) is 69.6 cm³/mol. The molecule has 0 radical (unpaired) electrons. The fourth-order valence-electron chi connectivity index (χ4n) is 2.18. The van der Waals surface area contributed by atoms with Gasteiger partial charge in [0, 0.05) is 24.3 Å². The van der Waals surface area contributed by atoms with Crippen LogP contribution in [-0.2, 0) is 13.0 Å². The van der Waals surface area contributed by atoms with Crippen LogP contribution in [0.3, 0.4) is 0 Å². The number of fused-ring (bicyclic) bond motifs is 1. The minimum absolute atomic E-state index is 0.232. The van der Waals surface area contributed by atoms with Gasteiger partial charge in [0.25, 0.3) is 0 Å². The summed E-state index contributed by atoms with van der Waals surface area (Å²) in [4.78, 5) is 0. The van der Waals surface area contributed by atoms with Gasteiger partial charge in [0.15, 0.2) is 0 Å². The highest BCUT2D eigenvalue weighted by atomic mass is 14.9. The van der Waals surface area contributed by atoms with Gasteiger partial charge < -0.3 is 10.3 Å². The zero-order valence-electron chi connectivity index (χ0n) is 10.1. The van der Waals surface area contributed by atoms with Crippen molar-refractivity contribution in [3.05, 3.63) is 36.0 Å². The second-order valence-electron chi connectivity index (χ2n) is 4.58. The molecule has 0 saturated heterocycles. The zero-order chi connectivity index (χ0) is 11.5. The molecule has 0 aliphatic carbocycles. The van der Waals surface area contributed by atoms with Crippen LogP contribution in [0.4, 0.5) is 0 Å². The highest BCUT2D eigenvalue weighted by Crippen LogP contribution is 2.18. The lowest BCUT2D eigenvalue weighted by Gasteiger charge is -2.06. The number of benzene rings is 1. The number of nitrogens with zero attached hydrogens (tertiary/aromatic N) is 1. The minimum Gasteiger partial charge on any atom is -0.347 e. The lowest BCUT2D eigenvalue weighted by Crippen LogP contribution is -2.17. The van der Waals surface area contributed by atoms with E-state index in [1.807, 2.05) is 6.92 Å². The van der Waals surface area contributed by atoms with E-state index in [0.717, 1.165) is 13.0 Å². The number of hydrogen-bond donors (Lipinski definition) is 1. The van der Waals surface area contributed by atoms with Crippen molar-refractivity contribution < 1.29 is 0 Å². The summed E-state index contributed by atoms with van der Waals surface area (Å²) in [5.74, 6) is 0. The first-order valence-corrected chi connectivity index (χ1v) is 6.04. The summed E-state index contributed by atoms with van der Waals surface area (Å²) in [5, 5.41) is 1.33. The fourth-order valence-corrected chi connectivity index (χ4v) is 2.18. The maximum atomic E-state index is 5.82. The second-order valence-corrected chi connectivity index (χ2v) is 4.58. The summed E-state index contributed by atoms with van der Waals surface area (Å²) < 4.78 is 2.31. The van der Waals surface area contributed by atoms with Gasteiger partial charge in [0.05, 0.1) is 0 Å². The van der Waals surface area contributed by atoms with Crippen molar-refractivity contribution in [3.63, 3.8) is 0 Å². The standard InChI is InChI=1S/C14H20N2/c1-3-7-16-8-6-13-10-12(9-11(2)15)4-5-14(13)16/h4-6,8,10-11H,3,7,9,15H2,1-2H3. The summed E-state index contributed by atoms with van der Waals surface area (Å²) in [6.07, 6.45) is 4.30. The Labute approximate surface area is 97.1 Å². The molecule has 1 atom stereocenters. The first-order chi connectivity index (χ1) is 7.70. The van der Waals surface area contributed by atoms with Crippen LogP contribution in [-0.4, -0.2) is 10.6 Å². The number of aryl methyl sites for hydroxylation is 1. The lowest BCUT2D eigenvalue weighted by atomic mass is 10.1. The largest absolute Gasteiger partial charge is 0.347 e. The van der Waals surface area contributed by atoms with E-state index in [4.69, 9.17) is 5.73 Å². The van der Waals surface area contributed by atoms with Crippen LogP contribution in [0.15, 0.2) is 30.5 Å². The van der Waals surface area contributed by atoms with Gasteiger partial charge in [-0.25, -0.2) is 0 Å². The molecule has 0 bridgehead atoms. The third kappa shape index (κ3) is 2.27. The topological polar surface area (TPSA) is 30.9 Å². The van der Waals surface area contributed by atoms with Crippen LogP contribution in [0, 0.1) is 0 Å². The highest BCUT2D eigenvalue weighted by molar-refractivity contribution is 5.80. The van der Waals surface area contributed by atoms with Crippen LogP contribution in [0.25, 0.3) is 10.9 Å². The molecule has 2 rings (SSSR count). The van der Waals surface area contributed by atoms with Crippen LogP contribution in [0.5, 0.6) is 0 Å². The van der Waals surface area contributed by atoms with Crippen molar-refractivity contribution >= 4 is 10.9 Å². The molecule has 1 unspecified atom stereocenters. The molecule has 2 N–H and O–H groups in total. The van der Waals surface area contributed by atoms with Crippen molar-refractivity contribution in [2.45, 2.75) is 39.3 Å². The van der Waals surface area contributed by atoms with Gasteiger partial charge in [-0.05, 0) is 48.9 Å². The summed E-state index contributed by atoms with van der Waals surface area (Å²) in [5.41, 5.74) is 8.48. The SMILES string of the molecule is CCCn1ccc2cc(CC(C)N)ccc21. The van der Waals surface area contributed by atoms with Gasteiger partial charge in [-0.15, -0.1) is 0 Å². The lowest BCUT2D eigenvalue weighted by molar-refractivity contribution is 0.703. The maximum absolute atomic E-state index is 5.82. The Morgan fingerprint density at radius 2 is 2.12 bits per heavy atom. The molecule has 0 aliphatic heterocycles.